The molecule has 6 heteroatoms. The van der Waals surface area contributed by atoms with Gasteiger partial charge >= 0.3 is 6.03 Å². The molecule has 2 amide bonds. The molecule has 0 saturated heterocycles. The normalized spacial score (nSPS) is 13.3. The molecule has 0 bridgehead atoms. The number of nitrogens with zero attached hydrogens (tertiary/aromatic N) is 2. The molecule has 0 spiro atoms. The third-order valence-corrected chi connectivity index (χ3v) is 4.49. The van der Waals surface area contributed by atoms with E-state index in [-0.39, 0.29) is 18.5 Å². The van der Waals surface area contributed by atoms with Crippen LogP contribution in [-0.2, 0) is 13.1 Å². The van der Waals surface area contributed by atoms with E-state index in [1.807, 2.05) is 39.1 Å². The largest absolute Gasteiger partial charge is 0.391 e. The van der Waals surface area contributed by atoms with Gasteiger partial charge in [0.05, 0.1) is 6.10 Å². The first kappa shape index (κ1) is 19.0. The summed E-state index contributed by atoms with van der Waals surface area (Å²) >= 11 is 0. The summed E-state index contributed by atoms with van der Waals surface area (Å²) < 4.78 is 2.08. The van der Waals surface area contributed by atoms with Crippen molar-refractivity contribution in [1.29, 1.82) is 0 Å². The van der Waals surface area contributed by atoms with Crippen molar-refractivity contribution in [1.82, 2.24) is 20.2 Å². The molecular formula is C19H28N4O2. The monoisotopic (exact) mass is 344 g/mol. The van der Waals surface area contributed by atoms with E-state index in [4.69, 9.17) is 0 Å². The molecule has 3 N–H and O–H groups in total. The molecule has 0 fully saturated rings. The summed E-state index contributed by atoms with van der Waals surface area (Å²) in [5.41, 5.74) is 2.20. The zero-order valence-electron chi connectivity index (χ0n) is 15.2. The number of amides is 2. The molecule has 2 aromatic rings. The minimum Gasteiger partial charge on any atom is -0.391 e. The predicted molar refractivity (Wildman–Crippen MR) is 98.2 cm³/mol. The van der Waals surface area contributed by atoms with Crippen molar-refractivity contribution in [3.63, 3.8) is 0 Å². The number of benzene rings is 1. The predicted octanol–water partition coefficient (Wildman–Crippen LogP) is 2.45. The van der Waals surface area contributed by atoms with Crippen LogP contribution in [0, 0.1) is 12.8 Å². The van der Waals surface area contributed by atoms with Gasteiger partial charge in [0.15, 0.2) is 0 Å². The zero-order valence-corrected chi connectivity index (χ0v) is 15.2. The van der Waals surface area contributed by atoms with Crippen LogP contribution in [0.5, 0.6) is 0 Å². The second-order valence-corrected chi connectivity index (χ2v) is 6.44. The maximum Gasteiger partial charge on any atom is 0.315 e. The van der Waals surface area contributed by atoms with Crippen molar-refractivity contribution < 1.29 is 9.90 Å². The topological polar surface area (TPSA) is 79.2 Å². The van der Waals surface area contributed by atoms with Crippen molar-refractivity contribution in [3.8, 4) is 0 Å². The Kier molecular flexibility index (Phi) is 7.01. The number of carbonyl (C=O) groups excluding carboxylic acids is 1. The summed E-state index contributed by atoms with van der Waals surface area (Å²) in [6.07, 6.45) is 4.11. The number of nitrogens with one attached hydrogen (secondary N) is 2. The maximum absolute atomic E-state index is 11.9. The van der Waals surface area contributed by atoms with E-state index >= 15 is 0 Å². The van der Waals surface area contributed by atoms with Gasteiger partial charge in [0.2, 0.25) is 0 Å². The van der Waals surface area contributed by atoms with Crippen LogP contribution in [0.3, 0.4) is 0 Å². The van der Waals surface area contributed by atoms with Gasteiger partial charge in [-0.15, -0.1) is 0 Å². The Hall–Kier alpha value is -2.34. The van der Waals surface area contributed by atoms with Crippen LogP contribution in [0.25, 0.3) is 0 Å². The zero-order chi connectivity index (χ0) is 18.2. The molecule has 0 aliphatic heterocycles. The molecule has 0 aliphatic carbocycles. The molecule has 25 heavy (non-hydrogen) atoms. The first-order chi connectivity index (χ1) is 12.0. The van der Waals surface area contributed by atoms with Crippen LogP contribution < -0.4 is 10.6 Å². The third kappa shape index (κ3) is 5.90. The minimum atomic E-state index is -0.516. The van der Waals surface area contributed by atoms with Gasteiger partial charge in [-0.05, 0) is 24.0 Å². The van der Waals surface area contributed by atoms with E-state index in [1.54, 1.807) is 6.20 Å². The first-order valence-electron chi connectivity index (χ1n) is 8.75. The Morgan fingerprint density at radius 2 is 2.08 bits per heavy atom. The Morgan fingerprint density at radius 3 is 2.76 bits per heavy atom. The van der Waals surface area contributed by atoms with Crippen LogP contribution in [-0.4, -0.2) is 33.3 Å². The Morgan fingerprint density at radius 1 is 1.32 bits per heavy atom. The van der Waals surface area contributed by atoms with Crippen LogP contribution in [0.1, 0.15) is 37.2 Å². The van der Waals surface area contributed by atoms with Gasteiger partial charge in [0, 0.05) is 32.0 Å². The van der Waals surface area contributed by atoms with Crippen LogP contribution in [0.2, 0.25) is 0 Å². The van der Waals surface area contributed by atoms with E-state index in [0.29, 0.717) is 6.54 Å². The van der Waals surface area contributed by atoms with Gasteiger partial charge < -0.3 is 20.3 Å². The van der Waals surface area contributed by atoms with Crippen LogP contribution in [0.4, 0.5) is 4.79 Å². The Labute approximate surface area is 149 Å². The second-order valence-electron chi connectivity index (χ2n) is 6.44. The molecule has 0 saturated carbocycles. The molecule has 1 heterocycles. The smallest absolute Gasteiger partial charge is 0.315 e. The number of hydrogen-bond donors (Lipinski definition) is 3. The lowest BCUT2D eigenvalue weighted by Crippen LogP contribution is -2.41. The van der Waals surface area contributed by atoms with Gasteiger partial charge in [-0.2, -0.15) is 0 Å². The molecule has 1 aromatic carbocycles. The Balaban J connectivity index is 1.81. The number of urea groups is 1. The summed E-state index contributed by atoms with van der Waals surface area (Å²) in [5, 5.41) is 15.4. The van der Waals surface area contributed by atoms with Gasteiger partial charge in [0.25, 0.3) is 0 Å². The lowest BCUT2D eigenvalue weighted by Gasteiger charge is -2.17. The molecule has 136 valence electrons. The highest BCUT2D eigenvalue weighted by atomic mass is 16.3. The SMILES string of the molecule is CCC(C)C(O)CNC(=O)NCc1cccc(Cn2ccnc2C)c1. The minimum absolute atomic E-state index is 0.170. The van der Waals surface area contributed by atoms with E-state index in [9.17, 15) is 9.90 Å². The average Bonchev–Trinajstić information content (AvgIpc) is 3.02. The highest BCUT2D eigenvalue weighted by molar-refractivity contribution is 5.73. The number of aliphatic hydroxyl groups excluding tert-OH is 1. The molecule has 0 radical (unpaired) electrons. The van der Waals surface area contributed by atoms with E-state index in [0.717, 1.165) is 29.9 Å². The summed E-state index contributed by atoms with van der Waals surface area (Å²) in [6, 6.07) is 7.85. The summed E-state index contributed by atoms with van der Waals surface area (Å²) in [7, 11) is 0. The molecular weight excluding hydrogens is 316 g/mol. The summed E-state index contributed by atoms with van der Waals surface area (Å²) in [6.45, 7) is 7.43. The highest BCUT2D eigenvalue weighted by Crippen LogP contribution is 2.09. The third-order valence-electron chi connectivity index (χ3n) is 4.49. The van der Waals surface area contributed by atoms with Gasteiger partial charge in [0.1, 0.15) is 5.82 Å². The van der Waals surface area contributed by atoms with Crippen molar-refractivity contribution >= 4 is 6.03 Å². The number of carbonyl (C=O) groups is 1. The standard InChI is InChI=1S/C19H28N4O2/c1-4-14(2)18(24)12-22-19(25)21-11-16-6-5-7-17(10-16)13-23-9-8-20-15(23)3/h5-10,14,18,24H,4,11-13H2,1-3H3,(H2,21,22,25). The number of aromatic nitrogens is 2. The number of aryl methyl sites for hydroxylation is 1. The summed E-state index contributed by atoms with van der Waals surface area (Å²) in [4.78, 5) is 16.1. The van der Waals surface area contributed by atoms with Crippen molar-refractivity contribution in [2.24, 2.45) is 5.92 Å². The van der Waals surface area contributed by atoms with Crippen molar-refractivity contribution in [2.75, 3.05) is 6.54 Å². The fourth-order valence-electron chi connectivity index (χ4n) is 2.52. The van der Waals surface area contributed by atoms with Crippen molar-refractivity contribution in [3.05, 3.63) is 53.6 Å². The molecule has 0 aliphatic rings. The average molecular weight is 344 g/mol. The Bertz CT molecular complexity index is 684. The van der Waals surface area contributed by atoms with Crippen LogP contribution in [0.15, 0.2) is 36.7 Å². The molecule has 1 aromatic heterocycles. The van der Waals surface area contributed by atoms with Gasteiger partial charge in [-0.3, -0.25) is 0 Å². The number of aliphatic hydroxyl groups is 1. The lowest BCUT2D eigenvalue weighted by molar-refractivity contribution is 0.114. The lowest BCUT2D eigenvalue weighted by atomic mass is 10.0. The quantitative estimate of drug-likeness (QED) is 0.688. The number of rotatable bonds is 8. The van der Waals surface area contributed by atoms with Crippen molar-refractivity contribution in [2.45, 2.75) is 46.4 Å². The van der Waals surface area contributed by atoms with E-state index in [2.05, 4.69) is 32.3 Å². The van der Waals surface area contributed by atoms with E-state index in [1.165, 1.54) is 0 Å². The fourth-order valence-corrected chi connectivity index (χ4v) is 2.52. The highest BCUT2D eigenvalue weighted by Gasteiger charge is 2.13. The molecule has 2 atom stereocenters. The van der Waals surface area contributed by atoms with Gasteiger partial charge in [-0.1, -0.05) is 44.5 Å². The molecule has 6 nitrogen and oxygen atoms in total. The molecule has 2 rings (SSSR count). The second kappa shape index (κ2) is 9.22. The van der Waals surface area contributed by atoms with E-state index < -0.39 is 6.10 Å². The maximum atomic E-state index is 11.9. The number of imidazole rings is 1. The van der Waals surface area contributed by atoms with Gasteiger partial charge in [-0.25, -0.2) is 9.78 Å². The fraction of sp³-hybridized carbons (Fsp3) is 0.474. The number of hydrogen-bond acceptors (Lipinski definition) is 3. The first-order valence-corrected chi connectivity index (χ1v) is 8.75. The summed E-state index contributed by atoms with van der Waals surface area (Å²) in [5.74, 6) is 1.14. The molecule has 2 unspecified atom stereocenters. The van der Waals surface area contributed by atoms with Crippen LogP contribution >= 0.6 is 0 Å².